The normalized spacial score (nSPS) is 17.9. The van der Waals surface area contributed by atoms with E-state index < -0.39 is 0 Å². The van der Waals surface area contributed by atoms with E-state index in [1.807, 2.05) is 0 Å². The van der Waals surface area contributed by atoms with E-state index in [1.165, 1.54) is 35.1 Å². The van der Waals surface area contributed by atoms with Crippen LogP contribution in [0.4, 0.5) is 0 Å². The summed E-state index contributed by atoms with van der Waals surface area (Å²) in [5.41, 5.74) is 12.1. The van der Waals surface area contributed by atoms with Gasteiger partial charge in [0.05, 0.1) is 0 Å². The lowest BCUT2D eigenvalue weighted by Crippen LogP contribution is -2.21. The van der Waals surface area contributed by atoms with Crippen molar-refractivity contribution in [3.8, 4) is 0 Å². The molecular weight excluding hydrogens is 194 g/mol. The average molecular weight is 217 g/mol. The van der Waals surface area contributed by atoms with Gasteiger partial charge in [-0.15, -0.1) is 0 Å². The number of nitrogens with two attached hydrogens (primary N) is 1. The second-order valence-electron chi connectivity index (χ2n) is 5.65. The quantitative estimate of drug-likeness (QED) is 0.825. The van der Waals surface area contributed by atoms with Crippen LogP contribution in [0.2, 0.25) is 0 Å². The van der Waals surface area contributed by atoms with Crippen molar-refractivity contribution in [2.24, 2.45) is 5.73 Å². The Morgan fingerprint density at radius 1 is 1.25 bits per heavy atom. The molecule has 1 aliphatic rings. The summed E-state index contributed by atoms with van der Waals surface area (Å²) in [6, 6.07) is 4.73. The first-order chi connectivity index (χ1) is 7.50. The lowest BCUT2D eigenvalue weighted by Gasteiger charge is -2.20. The van der Waals surface area contributed by atoms with Crippen LogP contribution in [0.1, 0.15) is 54.9 Å². The van der Waals surface area contributed by atoms with Gasteiger partial charge in [-0.1, -0.05) is 26.0 Å². The maximum atomic E-state index is 5.95. The van der Waals surface area contributed by atoms with Crippen LogP contribution < -0.4 is 5.73 Å². The number of hydrogen-bond donors (Lipinski definition) is 1. The number of hydrogen-bond acceptors (Lipinski definition) is 1. The fourth-order valence-electron chi connectivity index (χ4n) is 2.51. The van der Waals surface area contributed by atoms with Gasteiger partial charge in [0, 0.05) is 12.0 Å². The molecule has 0 saturated heterocycles. The molecule has 0 bridgehead atoms. The van der Waals surface area contributed by atoms with Crippen LogP contribution in [-0.2, 0) is 5.41 Å². The largest absolute Gasteiger partial charge is 0.330 e. The summed E-state index contributed by atoms with van der Waals surface area (Å²) in [6.07, 6.45) is 2.54. The van der Waals surface area contributed by atoms with E-state index in [0.29, 0.717) is 11.3 Å². The van der Waals surface area contributed by atoms with Gasteiger partial charge in [-0.25, -0.2) is 0 Å². The maximum absolute atomic E-state index is 5.95. The Bertz CT molecular complexity index is 400. The number of benzene rings is 1. The van der Waals surface area contributed by atoms with Gasteiger partial charge in [0.15, 0.2) is 0 Å². The molecule has 1 aromatic rings. The second-order valence-corrected chi connectivity index (χ2v) is 5.65. The van der Waals surface area contributed by atoms with E-state index in [0.717, 1.165) is 6.54 Å². The van der Waals surface area contributed by atoms with Crippen LogP contribution in [0.3, 0.4) is 0 Å². The zero-order chi connectivity index (χ0) is 11.9. The van der Waals surface area contributed by atoms with E-state index in [9.17, 15) is 0 Å². The highest BCUT2D eigenvalue weighted by molar-refractivity contribution is 5.46. The van der Waals surface area contributed by atoms with E-state index in [-0.39, 0.29) is 0 Å². The van der Waals surface area contributed by atoms with E-state index >= 15 is 0 Å². The summed E-state index contributed by atoms with van der Waals surface area (Å²) < 4.78 is 0. The molecule has 88 valence electrons. The first kappa shape index (κ1) is 11.7. The van der Waals surface area contributed by atoms with Gasteiger partial charge in [0.25, 0.3) is 0 Å². The highest BCUT2D eigenvalue weighted by Gasteiger charge is 2.44. The topological polar surface area (TPSA) is 26.0 Å². The van der Waals surface area contributed by atoms with Gasteiger partial charge in [0.1, 0.15) is 0 Å². The first-order valence-electron chi connectivity index (χ1n) is 6.32. The van der Waals surface area contributed by atoms with Gasteiger partial charge in [-0.2, -0.15) is 0 Å². The molecule has 1 heteroatoms. The lowest BCUT2D eigenvalue weighted by atomic mass is 9.86. The van der Waals surface area contributed by atoms with Crippen molar-refractivity contribution < 1.29 is 0 Å². The zero-order valence-electron chi connectivity index (χ0n) is 10.9. The molecule has 1 aromatic carbocycles. The standard InChI is InChI=1S/C15H23N/c1-10(2)13-7-11(3)12(4)14(8-13)15(9-16)5-6-15/h7-8,10H,5-6,9,16H2,1-4H3. The minimum atomic E-state index is 0.319. The Hall–Kier alpha value is -0.820. The third-order valence-electron chi connectivity index (χ3n) is 4.17. The van der Waals surface area contributed by atoms with Crippen LogP contribution in [0.25, 0.3) is 0 Å². The predicted octanol–water partition coefficient (Wildman–Crippen LogP) is 3.42. The van der Waals surface area contributed by atoms with Crippen molar-refractivity contribution in [3.63, 3.8) is 0 Å². The molecule has 16 heavy (non-hydrogen) atoms. The Labute approximate surface area is 99.0 Å². The molecule has 0 amide bonds. The number of rotatable bonds is 3. The highest BCUT2D eigenvalue weighted by Crippen LogP contribution is 2.49. The van der Waals surface area contributed by atoms with Crippen molar-refractivity contribution in [3.05, 3.63) is 34.4 Å². The molecule has 2 N–H and O–H groups in total. The van der Waals surface area contributed by atoms with Crippen molar-refractivity contribution in [2.45, 2.75) is 51.9 Å². The summed E-state index contributed by atoms with van der Waals surface area (Å²) in [4.78, 5) is 0. The minimum Gasteiger partial charge on any atom is -0.330 e. The molecule has 0 atom stereocenters. The van der Waals surface area contributed by atoms with Crippen LogP contribution in [0.5, 0.6) is 0 Å². The molecular formula is C15H23N. The van der Waals surface area contributed by atoms with Crippen LogP contribution in [-0.4, -0.2) is 6.54 Å². The Kier molecular flexibility index (Phi) is 2.83. The maximum Gasteiger partial charge on any atom is 0.00790 e. The van der Waals surface area contributed by atoms with Crippen molar-refractivity contribution in [1.82, 2.24) is 0 Å². The molecule has 1 nitrogen and oxygen atoms in total. The lowest BCUT2D eigenvalue weighted by molar-refractivity contribution is 0.694. The molecule has 0 aliphatic heterocycles. The van der Waals surface area contributed by atoms with E-state index in [1.54, 1.807) is 0 Å². The molecule has 0 heterocycles. The molecule has 0 aromatic heterocycles. The molecule has 1 aliphatic carbocycles. The molecule has 1 saturated carbocycles. The first-order valence-corrected chi connectivity index (χ1v) is 6.32. The summed E-state index contributed by atoms with van der Waals surface area (Å²) in [5, 5.41) is 0. The van der Waals surface area contributed by atoms with Crippen LogP contribution in [0, 0.1) is 13.8 Å². The van der Waals surface area contributed by atoms with Crippen LogP contribution in [0.15, 0.2) is 12.1 Å². The van der Waals surface area contributed by atoms with Crippen LogP contribution >= 0.6 is 0 Å². The fraction of sp³-hybridized carbons (Fsp3) is 0.600. The van der Waals surface area contributed by atoms with Gasteiger partial charge < -0.3 is 5.73 Å². The summed E-state index contributed by atoms with van der Waals surface area (Å²) in [7, 11) is 0. The summed E-state index contributed by atoms with van der Waals surface area (Å²) in [5.74, 6) is 0.603. The van der Waals surface area contributed by atoms with Gasteiger partial charge in [-0.3, -0.25) is 0 Å². The third kappa shape index (κ3) is 1.78. The van der Waals surface area contributed by atoms with E-state index in [2.05, 4.69) is 39.8 Å². The molecule has 0 radical (unpaired) electrons. The third-order valence-corrected chi connectivity index (χ3v) is 4.17. The van der Waals surface area contributed by atoms with Gasteiger partial charge in [-0.05, 0) is 54.9 Å². The number of aryl methyl sites for hydroxylation is 1. The zero-order valence-corrected chi connectivity index (χ0v) is 10.9. The van der Waals surface area contributed by atoms with Crippen molar-refractivity contribution in [2.75, 3.05) is 6.54 Å². The SMILES string of the molecule is Cc1cc(C(C)C)cc(C2(CN)CC2)c1C. The van der Waals surface area contributed by atoms with Crippen molar-refractivity contribution >= 4 is 0 Å². The average Bonchev–Trinajstić information content (AvgIpc) is 3.02. The van der Waals surface area contributed by atoms with E-state index in [4.69, 9.17) is 5.73 Å². The Balaban J connectivity index is 2.52. The highest BCUT2D eigenvalue weighted by atomic mass is 14.7. The minimum absolute atomic E-state index is 0.319. The Morgan fingerprint density at radius 2 is 1.88 bits per heavy atom. The molecule has 0 unspecified atom stereocenters. The smallest absolute Gasteiger partial charge is 0.00790 e. The molecule has 2 rings (SSSR count). The summed E-state index contributed by atoms with van der Waals surface area (Å²) in [6.45, 7) is 9.78. The monoisotopic (exact) mass is 217 g/mol. The summed E-state index contributed by atoms with van der Waals surface area (Å²) >= 11 is 0. The van der Waals surface area contributed by atoms with Gasteiger partial charge in [0.2, 0.25) is 0 Å². The van der Waals surface area contributed by atoms with Crippen molar-refractivity contribution in [1.29, 1.82) is 0 Å². The molecule has 1 fully saturated rings. The Morgan fingerprint density at radius 3 is 2.31 bits per heavy atom. The fourth-order valence-corrected chi connectivity index (χ4v) is 2.51. The predicted molar refractivity (Wildman–Crippen MR) is 70.0 cm³/mol. The van der Waals surface area contributed by atoms with Gasteiger partial charge >= 0.3 is 0 Å². The second kappa shape index (κ2) is 3.89. The molecule has 0 spiro atoms.